The number of allylic oxidation sites excluding steroid dienone is 1. The Morgan fingerprint density at radius 1 is 1.00 bits per heavy atom. The number of amides is 1. The van der Waals surface area contributed by atoms with E-state index in [1.165, 1.54) is 31.0 Å². The number of rotatable bonds is 13. The molecule has 1 amide bonds. The van der Waals surface area contributed by atoms with Crippen LogP contribution in [0.4, 0.5) is 5.69 Å². The van der Waals surface area contributed by atoms with E-state index in [0.717, 1.165) is 37.1 Å². The van der Waals surface area contributed by atoms with Gasteiger partial charge in [-0.15, -0.1) is 0 Å². The maximum absolute atomic E-state index is 11.4. The summed E-state index contributed by atoms with van der Waals surface area (Å²) in [5, 5.41) is 0. The molecule has 1 heterocycles. The monoisotopic (exact) mass is 390 g/mol. The topological polar surface area (TPSA) is 74.0 Å². The molecule has 0 aliphatic carbocycles. The predicted molar refractivity (Wildman–Crippen MR) is 112 cm³/mol. The predicted octanol–water partition coefficient (Wildman–Crippen LogP) is 3.01. The van der Waals surface area contributed by atoms with E-state index in [9.17, 15) is 4.79 Å². The van der Waals surface area contributed by atoms with Gasteiger partial charge in [0.05, 0.1) is 26.4 Å². The van der Waals surface area contributed by atoms with Gasteiger partial charge in [0, 0.05) is 38.6 Å². The van der Waals surface area contributed by atoms with Crippen molar-refractivity contribution in [1.29, 1.82) is 0 Å². The van der Waals surface area contributed by atoms with E-state index < -0.39 is 5.91 Å². The molecule has 1 saturated heterocycles. The van der Waals surface area contributed by atoms with Gasteiger partial charge in [-0.1, -0.05) is 12.1 Å². The van der Waals surface area contributed by atoms with Gasteiger partial charge in [0.25, 0.3) is 0 Å². The Kier molecular flexibility index (Phi) is 10.7. The third-order valence-corrected chi connectivity index (χ3v) is 4.81. The Balaban J connectivity index is 1.78. The van der Waals surface area contributed by atoms with Crippen LogP contribution in [-0.2, 0) is 19.0 Å². The second-order valence-corrected chi connectivity index (χ2v) is 6.99. The van der Waals surface area contributed by atoms with Crippen molar-refractivity contribution in [2.45, 2.75) is 32.1 Å². The van der Waals surface area contributed by atoms with Crippen molar-refractivity contribution in [3.63, 3.8) is 0 Å². The highest BCUT2D eigenvalue weighted by atomic mass is 16.5. The Bertz CT molecular complexity index is 595. The zero-order chi connectivity index (χ0) is 20.0. The molecule has 0 aromatic heterocycles. The lowest BCUT2D eigenvalue weighted by Gasteiger charge is -2.29. The number of carbonyl (C=O) groups is 1. The fraction of sp³-hybridized carbons (Fsp3) is 0.591. The average Bonchev–Trinajstić information content (AvgIpc) is 2.72. The van der Waals surface area contributed by atoms with Crippen LogP contribution in [0.25, 0.3) is 5.57 Å². The first kappa shape index (κ1) is 22.4. The molecule has 156 valence electrons. The smallest absolute Gasteiger partial charge is 0.241 e. The minimum Gasteiger partial charge on any atom is -0.382 e. The van der Waals surface area contributed by atoms with Crippen LogP contribution >= 0.6 is 0 Å². The minimum atomic E-state index is -0.414. The van der Waals surface area contributed by atoms with Crippen molar-refractivity contribution >= 4 is 17.2 Å². The van der Waals surface area contributed by atoms with Crippen molar-refractivity contribution in [3.8, 4) is 0 Å². The average molecular weight is 391 g/mol. The van der Waals surface area contributed by atoms with Crippen LogP contribution in [0.15, 0.2) is 30.3 Å². The van der Waals surface area contributed by atoms with Crippen molar-refractivity contribution < 1.29 is 19.0 Å². The summed E-state index contributed by atoms with van der Waals surface area (Å²) in [5.41, 5.74) is 8.65. The van der Waals surface area contributed by atoms with Gasteiger partial charge in [-0.05, 0) is 55.4 Å². The minimum absolute atomic E-state index is 0.414. The van der Waals surface area contributed by atoms with Crippen LogP contribution in [0, 0.1) is 0 Å². The summed E-state index contributed by atoms with van der Waals surface area (Å²) >= 11 is 0. The van der Waals surface area contributed by atoms with E-state index in [4.69, 9.17) is 19.9 Å². The fourth-order valence-corrected chi connectivity index (χ4v) is 3.34. The van der Waals surface area contributed by atoms with Crippen molar-refractivity contribution in [2.24, 2.45) is 5.73 Å². The maximum atomic E-state index is 11.4. The summed E-state index contributed by atoms with van der Waals surface area (Å²) in [6, 6.07) is 8.46. The first-order chi connectivity index (χ1) is 13.7. The lowest BCUT2D eigenvalue weighted by Crippen LogP contribution is -2.29. The van der Waals surface area contributed by atoms with Gasteiger partial charge in [0.2, 0.25) is 5.91 Å². The first-order valence-corrected chi connectivity index (χ1v) is 10.2. The first-order valence-electron chi connectivity index (χ1n) is 10.2. The van der Waals surface area contributed by atoms with Crippen molar-refractivity contribution in [2.75, 3.05) is 58.1 Å². The van der Waals surface area contributed by atoms with E-state index in [2.05, 4.69) is 29.2 Å². The summed E-state index contributed by atoms with van der Waals surface area (Å²) in [5.74, 6) is -0.414. The molecule has 6 heteroatoms. The number of hydrogen-bond donors (Lipinski definition) is 1. The second-order valence-electron chi connectivity index (χ2n) is 6.99. The summed E-state index contributed by atoms with van der Waals surface area (Å²) in [4.78, 5) is 13.9. The summed E-state index contributed by atoms with van der Waals surface area (Å²) < 4.78 is 15.9. The van der Waals surface area contributed by atoms with E-state index >= 15 is 0 Å². The number of ether oxygens (including phenoxy) is 3. The number of methoxy groups -OCH3 is 1. The quantitative estimate of drug-likeness (QED) is 0.414. The van der Waals surface area contributed by atoms with E-state index in [-0.39, 0.29) is 0 Å². The molecule has 1 aromatic carbocycles. The molecule has 0 unspecified atom stereocenters. The third kappa shape index (κ3) is 8.42. The highest BCUT2D eigenvalue weighted by molar-refractivity contribution is 5.94. The lowest BCUT2D eigenvalue weighted by molar-refractivity contribution is -0.113. The molecule has 1 fully saturated rings. The molecule has 0 bridgehead atoms. The second kappa shape index (κ2) is 13.3. The summed E-state index contributed by atoms with van der Waals surface area (Å²) in [7, 11) is 1.65. The Hall–Kier alpha value is -1.89. The maximum Gasteiger partial charge on any atom is 0.241 e. The van der Waals surface area contributed by atoms with Gasteiger partial charge in [-0.2, -0.15) is 0 Å². The zero-order valence-electron chi connectivity index (χ0n) is 17.0. The molecule has 0 saturated carbocycles. The Labute approximate surface area is 168 Å². The summed E-state index contributed by atoms with van der Waals surface area (Å²) in [6.07, 6.45) is 6.94. The van der Waals surface area contributed by atoms with Crippen LogP contribution in [0.2, 0.25) is 0 Å². The van der Waals surface area contributed by atoms with Gasteiger partial charge < -0.3 is 24.8 Å². The molecule has 1 aromatic rings. The van der Waals surface area contributed by atoms with E-state index in [1.54, 1.807) is 7.11 Å². The van der Waals surface area contributed by atoms with Crippen LogP contribution in [0.5, 0.6) is 0 Å². The van der Waals surface area contributed by atoms with Crippen molar-refractivity contribution in [3.05, 3.63) is 35.9 Å². The normalized spacial score (nSPS) is 15.0. The number of carbonyl (C=O) groups excluding carboxylic acids is 1. The molecular formula is C22H34N2O4. The van der Waals surface area contributed by atoms with Gasteiger partial charge in [0.1, 0.15) is 0 Å². The number of nitrogens with two attached hydrogens (primary N) is 1. The molecule has 0 spiro atoms. The molecule has 1 aliphatic heterocycles. The Morgan fingerprint density at radius 2 is 1.64 bits per heavy atom. The van der Waals surface area contributed by atoms with E-state index in [1.807, 2.05) is 0 Å². The lowest BCUT2D eigenvalue weighted by atomic mass is 10.00. The molecule has 28 heavy (non-hydrogen) atoms. The summed E-state index contributed by atoms with van der Waals surface area (Å²) in [6.45, 7) is 5.16. The SMILES string of the molecule is COCCOCCOCCCC(=CC(N)=O)c1ccc(N2CCCCC2)cc1. The van der Waals surface area contributed by atoms with Gasteiger partial charge in [0.15, 0.2) is 0 Å². The number of piperidine rings is 1. The zero-order valence-corrected chi connectivity index (χ0v) is 17.0. The molecule has 6 nitrogen and oxygen atoms in total. The van der Waals surface area contributed by atoms with Crippen LogP contribution < -0.4 is 10.6 Å². The third-order valence-electron chi connectivity index (χ3n) is 4.81. The van der Waals surface area contributed by atoms with Crippen LogP contribution in [-0.4, -0.2) is 59.1 Å². The molecule has 1 aliphatic rings. The highest BCUT2D eigenvalue weighted by Crippen LogP contribution is 2.25. The molecule has 2 N–H and O–H groups in total. The Morgan fingerprint density at radius 3 is 2.29 bits per heavy atom. The molecular weight excluding hydrogens is 356 g/mol. The number of benzene rings is 1. The number of primary amides is 1. The van der Waals surface area contributed by atoms with Gasteiger partial charge >= 0.3 is 0 Å². The van der Waals surface area contributed by atoms with Gasteiger partial charge in [-0.25, -0.2) is 0 Å². The van der Waals surface area contributed by atoms with Crippen LogP contribution in [0.3, 0.4) is 0 Å². The van der Waals surface area contributed by atoms with Crippen LogP contribution in [0.1, 0.15) is 37.7 Å². The van der Waals surface area contributed by atoms with Gasteiger partial charge in [-0.3, -0.25) is 4.79 Å². The standard InChI is InChI=1S/C22H34N2O4/c1-26-14-15-28-17-16-27-13-5-6-20(18-22(23)25)19-7-9-21(10-8-19)24-11-3-2-4-12-24/h7-10,18H,2-6,11-17H2,1H3,(H2,23,25). The number of hydrogen-bond acceptors (Lipinski definition) is 5. The largest absolute Gasteiger partial charge is 0.382 e. The highest BCUT2D eigenvalue weighted by Gasteiger charge is 2.11. The van der Waals surface area contributed by atoms with E-state index in [0.29, 0.717) is 33.0 Å². The fourth-order valence-electron chi connectivity index (χ4n) is 3.34. The van der Waals surface area contributed by atoms with Crippen molar-refractivity contribution in [1.82, 2.24) is 0 Å². The molecule has 0 atom stereocenters. The number of nitrogens with zero attached hydrogens (tertiary/aromatic N) is 1. The molecule has 2 rings (SSSR count). The molecule has 0 radical (unpaired) electrons. The number of anilines is 1.